The van der Waals surface area contributed by atoms with Gasteiger partial charge in [-0.3, -0.25) is 4.90 Å². The lowest BCUT2D eigenvalue weighted by Crippen LogP contribution is -2.36. The zero-order chi connectivity index (χ0) is 15.7. The lowest BCUT2D eigenvalue weighted by atomic mass is 10.1. The molecule has 0 amide bonds. The molecule has 0 bridgehead atoms. The second-order valence-corrected chi connectivity index (χ2v) is 5.90. The van der Waals surface area contributed by atoms with Gasteiger partial charge in [0.2, 0.25) is 0 Å². The Balaban J connectivity index is 0.00000208. The Morgan fingerprint density at radius 2 is 1.50 bits per heavy atom. The second-order valence-electron chi connectivity index (χ2n) is 5.90. The molecule has 2 aromatic rings. The molecular formula is C20H26ClNO2. The molecule has 0 atom stereocenters. The molecule has 1 heterocycles. The fraction of sp³-hybridized carbons (Fsp3) is 0.400. The van der Waals surface area contributed by atoms with Crippen LogP contribution in [-0.4, -0.2) is 44.4 Å². The third-order valence-electron chi connectivity index (χ3n) is 4.20. The Kier molecular flexibility index (Phi) is 8.10. The Morgan fingerprint density at radius 3 is 2.21 bits per heavy atom. The molecule has 1 saturated heterocycles. The minimum atomic E-state index is 0. The smallest absolute Gasteiger partial charge is 0.119 e. The van der Waals surface area contributed by atoms with E-state index in [-0.39, 0.29) is 12.4 Å². The molecule has 0 spiro atoms. The number of unbranched alkanes of at least 4 members (excludes halogenated alkanes) is 1. The van der Waals surface area contributed by atoms with Crippen LogP contribution < -0.4 is 4.74 Å². The van der Waals surface area contributed by atoms with Crippen molar-refractivity contribution in [3.05, 3.63) is 54.6 Å². The lowest BCUT2D eigenvalue weighted by molar-refractivity contribution is 0.0368. The van der Waals surface area contributed by atoms with Crippen molar-refractivity contribution in [2.75, 3.05) is 39.5 Å². The summed E-state index contributed by atoms with van der Waals surface area (Å²) in [5.74, 6) is 0.955. The highest BCUT2D eigenvalue weighted by atomic mass is 35.5. The Hall–Kier alpha value is -1.55. The van der Waals surface area contributed by atoms with Gasteiger partial charge < -0.3 is 9.47 Å². The predicted octanol–water partition coefficient (Wildman–Crippen LogP) is 4.27. The summed E-state index contributed by atoms with van der Waals surface area (Å²) >= 11 is 0. The van der Waals surface area contributed by atoms with Crippen molar-refractivity contribution in [3.8, 4) is 16.9 Å². The normalized spacial score (nSPS) is 14.8. The first-order valence-electron chi connectivity index (χ1n) is 8.50. The van der Waals surface area contributed by atoms with Crippen molar-refractivity contribution in [1.29, 1.82) is 0 Å². The van der Waals surface area contributed by atoms with Crippen molar-refractivity contribution in [2.24, 2.45) is 0 Å². The van der Waals surface area contributed by atoms with E-state index in [2.05, 4.69) is 53.4 Å². The molecule has 0 N–H and O–H groups in total. The number of ether oxygens (including phenoxy) is 2. The highest BCUT2D eigenvalue weighted by Gasteiger charge is 2.09. The topological polar surface area (TPSA) is 21.7 Å². The van der Waals surface area contributed by atoms with Gasteiger partial charge in [0, 0.05) is 13.1 Å². The van der Waals surface area contributed by atoms with E-state index >= 15 is 0 Å². The van der Waals surface area contributed by atoms with Gasteiger partial charge in [0.25, 0.3) is 0 Å². The quantitative estimate of drug-likeness (QED) is 0.698. The summed E-state index contributed by atoms with van der Waals surface area (Å²) in [4.78, 5) is 2.47. The van der Waals surface area contributed by atoms with Gasteiger partial charge in [-0.2, -0.15) is 0 Å². The summed E-state index contributed by atoms with van der Waals surface area (Å²) in [6, 6.07) is 18.8. The Labute approximate surface area is 151 Å². The number of morpholine rings is 1. The molecule has 3 rings (SSSR count). The van der Waals surface area contributed by atoms with Crippen LogP contribution in [0, 0.1) is 0 Å². The van der Waals surface area contributed by atoms with E-state index in [9.17, 15) is 0 Å². The highest BCUT2D eigenvalue weighted by Crippen LogP contribution is 2.22. The van der Waals surface area contributed by atoms with Gasteiger partial charge in [0.1, 0.15) is 5.75 Å². The largest absolute Gasteiger partial charge is 0.494 e. The van der Waals surface area contributed by atoms with Gasteiger partial charge in [0.05, 0.1) is 19.8 Å². The van der Waals surface area contributed by atoms with Gasteiger partial charge in [-0.25, -0.2) is 0 Å². The third kappa shape index (κ3) is 5.82. The van der Waals surface area contributed by atoms with E-state index in [1.165, 1.54) is 17.5 Å². The van der Waals surface area contributed by atoms with Crippen LogP contribution in [0.15, 0.2) is 54.6 Å². The summed E-state index contributed by atoms with van der Waals surface area (Å²) < 4.78 is 11.2. The van der Waals surface area contributed by atoms with Crippen LogP contribution >= 0.6 is 12.4 Å². The number of halogens is 1. The fourth-order valence-electron chi connectivity index (χ4n) is 2.83. The van der Waals surface area contributed by atoms with Crippen LogP contribution in [-0.2, 0) is 4.74 Å². The summed E-state index contributed by atoms with van der Waals surface area (Å²) in [7, 11) is 0. The Bertz CT molecular complexity index is 568. The molecule has 130 valence electrons. The number of rotatable bonds is 7. The average molecular weight is 348 g/mol. The molecule has 4 heteroatoms. The average Bonchev–Trinajstić information content (AvgIpc) is 2.64. The number of nitrogens with zero attached hydrogens (tertiary/aromatic N) is 1. The summed E-state index contributed by atoms with van der Waals surface area (Å²) in [5.41, 5.74) is 2.47. The summed E-state index contributed by atoms with van der Waals surface area (Å²) in [6.45, 7) is 5.84. The first-order chi connectivity index (χ1) is 11.4. The zero-order valence-corrected chi connectivity index (χ0v) is 14.8. The molecule has 1 aliphatic rings. The van der Waals surface area contributed by atoms with Crippen molar-refractivity contribution >= 4 is 12.4 Å². The number of benzene rings is 2. The molecule has 1 fully saturated rings. The minimum Gasteiger partial charge on any atom is -0.494 e. The monoisotopic (exact) mass is 347 g/mol. The van der Waals surface area contributed by atoms with Crippen molar-refractivity contribution < 1.29 is 9.47 Å². The molecule has 0 unspecified atom stereocenters. The van der Waals surface area contributed by atoms with E-state index in [0.29, 0.717) is 0 Å². The van der Waals surface area contributed by atoms with Crippen LogP contribution in [0.25, 0.3) is 11.1 Å². The van der Waals surface area contributed by atoms with E-state index in [4.69, 9.17) is 9.47 Å². The van der Waals surface area contributed by atoms with Gasteiger partial charge >= 0.3 is 0 Å². The zero-order valence-electron chi connectivity index (χ0n) is 14.0. The second kappa shape index (κ2) is 10.3. The highest BCUT2D eigenvalue weighted by molar-refractivity contribution is 5.85. The van der Waals surface area contributed by atoms with Gasteiger partial charge in [-0.15, -0.1) is 12.4 Å². The lowest BCUT2D eigenvalue weighted by Gasteiger charge is -2.26. The van der Waals surface area contributed by atoms with Crippen LogP contribution in [0.1, 0.15) is 12.8 Å². The predicted molar refractivity (Wildman–Crippen MR) is 101 cm³/mol. The van der Waals surface area contributed by atoms with Gasteiger partial charge in [0.15, 0.2) is 0 Å². The standard InChI is InChI=1S/C20H25NO2.ClH/c1-2-6-18(7-3-1)19-8-10-20(11-9-19)23-15-5-4-12-21-13-16-22-17-14-21;/h1-3,6-11H,4-5,12-17H2;1H. The van der Waals surface area contributed by atoms with Crippen LogP contribution in [0.5, 0.6) is 5.75 Å². The first kappa shape index (κ1) is 18.8. The maximum Gasteiger partial charge on any atom is 0.119 e. The van der Waals surface area contributed by atoms with Crippen LogP contribution in [0.4, 0.5) is 0 Å². The molecular weight excluding hydrogens is 322 g/mol. The first-order valence-corrected chi connectivity index (χ1v) is 8.50. The van der Waals surface area contributed by atoms with E-state index < -0.39 is 0 Å². The van der Waals surface area contributed by atoms with E-state index in [0.717, 1.165) is 51.6 Å². The molecule has 0 aromatic heterocycles. The van der Waals surface area contributed by atoms with Crippen molar-refractivity contribution in [2.45, 2.75) is 12.8 Å². The molecule has 24 heavy (non-hydrogen) atoms. The van der Waals surface area contributed by atoms with Gasteiger partial charge in [-0.1, -0.05) is 42.5 Å². The van der Waals surface area contributed by atoms with Gasteiger partial charge in [-0.05, 0) is 42.6 Å². The van der Waals surface area contributed by atoms with Crippen molar-refractivity contribution in [3.63, 3.8) is 0 Å². The fourth-order valence-corrected chi connectivity index (χ4v) is 2.83. The third-order valence-corrected chi connectivity index (χ3v) is 4.20. The number of hydrogen-bond acceptors (Lipinski definition) is 3. The number of hydrogen-bond donors (Lipinski definition) is 0. The SMILES string of the molecule is Cl.c1ccc(-c2ccc(OCCCCN3CCOCC3)cc2)cc1. The van der Waals surface area contributed by atoms with E-state index in [1.807, 2.05) is 6.07 Å². The molecule has 0 saturated carbocycles. The molecule has 0 radical (unpaired) electrons. The Morgan fingerprint density at radius 1 is 0.833 bits per heavy atom. The minimum absolute atomic E-state index is 0. The van der Waals surface area contributed by atoms with Crippen molar-refractivity contribution in [1.82, 2.24) is 4.90 Å². The molecule has 2 aromatic carbocycles. The van der Waals surface area contributed by atoms with E-state index in [1.54, 1.807) is 0 Å². The maximum atomic E-state index is 5.84. The molecule has 3 nitrogen and oxygen atoms in total. The summed E-state index contributed by atoms with van der Waals surface area (Å²) in [6.07, 6.45) is 2.28. The maximum absolute atomic E-state index is 5.84. The van der Waals surface area contributed by atoms with Crippen LogP contribution in [0.3, 0.4) is 0 Å². The van der Waals surface area contributed by atoms with Crippen LogP contribution in [0.2, 0.25) is 0 Å². The summed E-state index contributed by atoms with van der Waals surface area (Å²) in [5, 5.41) is 0. The molecule has 1 aliphatic heterocycles. The molecule has 0 aliphatic carbocycles.